The van der Waals surface area contributed by atoms with Gasteiger partial charge in [0.15, 0.2) is 0 Å². The Labute approximate surface area is 143 Å². The topological polar surface area (TPSA) is 64.5 Å². The number of rotatable bonds is 7. The Morgan fingerprint density at radius 3 is 1.96 bits per heavy atom. The van der Waals surface area contributed by atoms with E-state index in [-0.39, 0.29) is 0 Å². The van der Waals surface area contributed by atoms with Crippen molar-refractivity contribution in [3.63, 3.8) is 0 Å². The molecule has 0 aliphatic carbocycles. The third-order valence-electron chi connectivity index (χ3n) is 4.92. The molecule has 132 valence electrons. The summed E-state index contributed by atoms with van der Waals surface area (Å²) in [5.41, 5.74) is 4.28. The highest BCUT2D eigenvalue weighted by Gasteiger charge is 2.21. The lowest BCUT2D eigenvalue weighted by Gasteiger charge is -2.23. The van der Waals surface area contributed by atoms with Gasteiger partial charge >= 0.3 is 0 Å². The molecule has 6 heteroatoms. The fraction of sp³-hybridized carbons (Fsp3) is 0.667. The first-order chi connectivity index (χ1) is 11.5. The fourth-order valence-electron chi connectivity index (χ4n) is 3.32. The lowest BCUT2D eigenvalue weighted by atomic mass is 10.1. The van der Waals surface area contributed by atoms with Crippen molar-refractivity contribution < 1.29 is 13.8 Å². The average Bonchev–Trinajstić information content (AvgIpc) is 3.26. The van der Waals surface area contributed by atoms with Gasteiger partial charge in [-0.25, -0.2) is 0 Å². The summed E-state index contributed by atoms with van der Waals surface area (Å²) in [6.07, 6.45) is 3.79. The summed E-state index contributed by atoms with van der Waals surface area (Å²) in [5, 5.41) is 8.16. The summed E-state index contributed by atoms with van der Waals surface area (Å²) in [4.78, 5) is 2.42. The SMILES string of the molecule is Cc1noc(C)c1CN(CC[C@H]1CCCO1)Cc1c(C)noc1C. The molecule has 0 N–H and O–H groups in total. The van der Waals surface area contributed by atoms with Crippen LogP contribution in [0.2, 0.25) is 0 Å². The van der Waals surface area contributed by atoms with Gasteiger partial charge < -0.3 is 13.8 Å². The Hall–Kier alpha value is -1.66. The lowest BCUT2D eigenvalue weighted by Crippen LogP contribution is -2.27. The zero-order valence-corrected chi connectivity index (χ0v) is 15.1. The first-order valence-corrected chi connectivity index (χ1v) is 8.72. The van der Waals surface area contributed by atoms with Crippen LogP contribution in [-0.4, -0.2) is 34.5 Å². The molecule has 0 bridgehead atoms. The Balaban J connectivity index is 1.72. The lowest BCUT2D eigenvalue weighted by molar-refractivity contribution is 0.0895. The third-order valence-corrected chi connectivity index (χ3v) is 4.92. The van der Waals surface area contributed by atoms with Gasteiger partial charge in [0.25, 0.3) is 0 Å². The largest absolute Gasteiger partial charge is 0.378 e. The molecule has 1 aliphatic rings. The summed E-state index contributed by atoms with van der Waals surface area (Å²) >= 11 is 0. The second kappa shape index (κ2) is 7.49. The van der Waals surface area contributed by atoms with Crippen LogP contribution in [-0.2, 0) is 17.8 Å². The van der Waals surface area contributed by atoms with Crippen LogP contribution in [0.25, 0.3) is 0 Å². The van der Waals surface area contributed by atoms with Crippen molar-refractivity contribution >= 4 is 0 Å². The Morgan fingerprint density at radius 2 is 1.54 bits per heavy atom. The van der Waals surface area contributed by atoms with Gasteiger partial charge in [-0.05, 0) is 47.0 Å². The summed E-state index contributed by atoms with van der Waals surface area (Å²) in [7, 11) is 0. The van der Waals surface area contributed by atoms with Gasteiger partial charge in [0.2, 0.25) is 0 Å². The number of nitrogens with zero attached hydrogens (tertiary/aromatic N) is 3. The number of hydrogen-bond acceptors (Lipinski definition) is 6. The molecule has 0 spiro atoms. The molecule has 2 aromatic rings. The van der Waals surface area contributed by atoms with E-state index < -0.39 is 0 Å². The van der Waals surface area contributed by atoms with Crippen molar-refractivity contribution in [1.29, 1.82) is 0 Å². The summed E-state index contributed by atoms with van der Waals surface area (Å²) in [6, 6.07) is 0. The van der Waals surface area contributed by atoms with Crippen molar-refractivity contribution in [1.82, 2.24) is 15.2 Å². The quantitative estimate of drug-likeness (QED) is 0.773. The molecule has 6 nitrogen and oxygen atoms in total. The minimum absolute atomic E-state index is 0.391. The Bertz CT molecular complexity index is 584. The second-order valence-electron chi connectivity index (χ2n) is 6.74. The number of ether oxygens (including phenoxy) is 1. The third kappa shape index (κ3) is 3.87. The maximum Gasteiger partial charge on any atom is 0.138 e. The predicted octanol–water partition coefficient (Wildman–Crippen LogP) is 3.47. The van der Waals surface area contributed by atoms with E-state index >= 15 is 0 Å². The summed E-state index contributed by atoms with van der Waals surface area (Å²) in [5.74, 6) is 1.79. The van der Waals surface area contributed by atoms with Gasteiger partial charge in [0.05, 0.1) is 17.5 Å². The van der Waals surface area contributed by atoms with Crippen LogP contribution in [0, 0.1) is 27.7 Å². The molecular formula is C18H27N3O3. The molecule has 1 atom stereocenters. The second-order valence-corrected chi connectivity index (χ2v) is 6.74. The zero-order chi connectivity index (χ0) is 17.1. The molecule has 3 heterocycles. The van der Waals surface area contributed by atoms with Gasteiger partial charge in [-0.15, -0.1) is 0 Å². The highest BCUT2D eigenvalue weighted by Crippen LogP contribution is 2.22. The van der Waals surface area contributed by atoms with E-state index in [0.717, 1.165) is 55.6 Å². The number of hydrogen-bond donors (Lipinski definition) is 0. The monoisotopic (exact) mass is 333 g/mol. The standard InChI is InChI=1S/C18H27N3O3/c1-12-17(14(3)23-19-12)10-21(8-7-16-6-5-9-22-16)11-18-13(2)20-24-15(18)4/h16H,5-11H2,1-4H3/t16-/m1/s1. The first-order valence-electron chi connectivity index (χ1n) is 8.72. The van der Waals surface area contributed by atoms with Crippen LogP contribution in [0.5, 0.6) is 0 Å². The molecule has 0 unspecified atom stereocenters. The normalized spacial score (nSPS) is 18.0. The molecule has 1 aliphatic heterocycles. The van der Waals surface area contributed by atoms with E-state index in [4.69, 9.17) is 13.8 Å². The van der Waals surface area contributed by atoms with Crippen molar-refractivity contribution in [2.75, 3.05) is 13.2 Å². The molecule has 24 heavy (non-hydrogen) atoms. The van der Waals surface area contributed by atoms with E-state index in [2.05, 4.69) is 15.2 Å². The Morgan fingerprint density at radius 1 is 0.958 bits per heavy atom. The van der Waals surface area contributed by atoms with Gasteiger partial charge in [-0.1, -0.05) is 10.3 Å². The molecule has 1 fully saturated rings. The minimum atomic E-state index is 0.391. The van der Waals surface area contributed by atoms with E-state index in [9.17, 15) is 0 Å². The smallest absolute Gasteiger partial charge is 0.138 e. The Kier molecular flexibility index (Phi) is 5.36. The highest BCUT2D eigenvalue weighted by molar-refractivity contribution is 5.23. The van der Waals surface area contributed by atoms with E-state index in [1.807, 2.05) is 27.7 Å². The molecule has 3 rings (SSSR count). The fourth-order valence-corrected chi connectivity index (χ4v) is 3.32. The van der Waals surface area contributed by atoms with E-state index in [0.29, 0.717) is 6.10 Å². The van der Waals surface area contributed by atoms with Crippen LogP contribution < -0.4 is 0 Å². The summed E-state index contributed by atoms with van der Waals surface area (Å²) in [6.45, 7) is 11.5. The van der Waals surface area contributed by atoms with Crippen molar-refractivity contribution in [3.8, 4) is 0 Å². The van der Waals surface area contributed by atoms with Crippen LogP contribution >= 0.6 is 0 Å². The predicted molar refractivity (Wildman–Crippen MR) is 89.7 cm³/mol. The highest BCUT2D eigenvalue weighted by atomic mass is 16.5. The van der Waals surface area contributed by atoms with E-state index in [1.54, 1.807) is 0 Å². The zero-order valence-electron chi connectivity index (χ0n) is 15.1. The maximum atomic E-state index is 5.78. The van der Waals surface area contributed by atoms with Gasteiger partial charge in [0, 0.05) is 37.4 Å². The van der Waals surface area contributed by atoms with Gasteiger partial charge in [-0.2, -0.15) is 0 Å². The number of aryl methyl sites for hydroxylation is 4. The van der Waals surface area contributed by atoms with Crippen LogP contribution in [0.4, 0.5) is 0 Å². The van der Waals surface area contributed by atoms with Crippen LogP contribution in [0.15, 0.2) is 9.05 Å². The maximum absolute atomic E-state index is 5.78. The molecule has 0 saturated carbocycles. The molecule has 0 amide bonds. The number of aromatic nitrogens is 2. The first kappa shape index (κ1) is 17.2. The molecule has 1 saturated heterocycles. The van der Waals surface area contributed by atoms with Crippen LogP contribution in [0.3, 0.4) is 0 Å². The molecule has 0 radical (unpaired) electrons. The summed E-state index contributed by atoms with van der Waals surface area (Å²) < 4.78 is 16.4. The molecule has 0 aromatic carbocycles. The van der Waals surface area contributed by atoms with Crippen LogP contribution in [0.1, 0.15) is 53.3 Å². The minimum Gasteiger partial charge on any atom is -0.378 e. The average molecular weight is 333 g/mol. The molecule has 2 aromatic heterocycles. The van der Waals surface area contributed by atoms with Crippen molar-refractivity contribution in [3.05, 3.63) is 34.0 Å². The van der Waals surface area contributed by atoms with Gasteiger partial charge in [0.1, 0.15) is 11.5 Å². The van der Waals surface area contributed by atoms with Crippen molar-refractivity contribution in [2.45, 2.75) is 66.2 Å². The van der Waals surface area contributed by atoms with Gasteiger partial charge in [-0.3, -0.25) is 4.90 Å². The van der Waals surface area contributed by atoms with E-state index in [1.165, 1.54) is 24.0 Å². The van der Waals surface area contributed by atoms with Crippen molar-refractivity contribution in [2.24, 2.45) is 0 Å². The molecular weight excluding hydrogens is 306 g/mol.